The summed E-state index contributed by atoms with van der Waals surface area (Å²) in [5.41, 5.74) is 0. The maximum Gasteiger partial charge on any atom is 0.246 e. The molecule has 2 amide bonds. The average molecular weight is 291 g/mol. The van der Waals surface area contributed by atoms with Crippen LogP contribution in [0, 0.1) is 0 Å². The summed E-state index contributed by atoms with van der Waals surface area (Å²) in [6, 6.07) is 0.648. The van der Waals surface area contributed by atoms with Crippen LogP contribution in [0.4, 0.5) is 0 Å². The van der Waals surface area contributed by atoms with Crippen LogP contribution in [0.2, 0.25) is 0 Å². The second-order valence-corrected chi connectivity index (χ2v) is 7.03. The molecule has 3 aliphatic heterocycles. The van der Waals surface area contributed by atoms with E-state index >= 15 is 0 Å². The first-order valence-corrected chi connectivity index (χ1v) is 8.57. The Labute approximate surface area is 126 Å². The van der Waals surface area contributed by atoms with E-state index in [9.17, 15) is 9.59 Å². The highest BCUT2D eigenvalue weighted by Crippen LogP contribution is 2.35. The van der Waals surface area contributed by atoms with Crippen LogP contribution in [0.5, 0.6) is 0 Å². The molecule has 4 fully saturated rings. The second kappa shape index (κ2) is 4.97. The van der Waals surface area contributed by atoms with Gasteiger partial charge in [-0.3, -0.25) is 14.5 Å². The summed E-state index contributed by atoms with van der Waals surface area (Å²) < 4.78 is 0. The number of rotatable bonds is 3. The predicted molar refractivity (Wildman–Crippen MR) is 78.7 cm³/mol. The van der Waals surface area contributed by atoms with Gasteiger partial charge in [0.1, 0.15) is 12.1 Å². The number of hydrogen-bond acceptors (Lipinski definition) is 3. The predicted octanol–water partition coefficient (Wildman–Crippen LogP) is 0.835. The Bertz CT molecular complexity index is 462. The molecule has 1 aliphatic carbocycles. The van der Waals surface area contributed by atoms with Crippen LogP contribution in [0.25, 0.3) is 0 Å². The lowest BCUT2D eigenvalue weighted by Gasteiger charge is -2.45. The molecule has 0 radical (unpaired) electrons. The van der Waals surface area contributed by atoms with E-state index in [-0.39, 0.29) is 29.9 Å². The maximum absolute atomic E-state index is 12.9. The fourth-order valence-corrected chi connectivity index (χ4v) is 4.50. The van der Waals surface area contributed by atoms with E-state index in [4.69, 9.17) is 0 Å². The lowest BCUT2D eigenvalue weighted by Crippen LogP contribution is -2.65. The van der Waals surface area contributed by atoms with Crippen LogP contribution in [-0.4, -0.2) is 70.3 Å². The van der Waals surface area contributed by atoms with Gasteiger partial charge in [-0.05, 0) is 38.5 Å². The number of nitrogens with zero attached hydrogens (tertiary/aromatic N) is 3. The molecule has 0 spiro atoms. The minimum absolute atomic E-state index is 0.157. The van der Waals surface area contributed by atoms with Gasteiger partial charge in [-0.15, -0.1) is 0 Å². The zero-order chi connectivity index (χ0) is 14.6. The van der Waals surface area contributed by atoms with Crippen LogP contribution in [0.1, 0.15) is 45.4 Å². The number of fused-ring (bicyclic) bond motifs is 1. The van der Waals surface area contributed by atoms with E-state index in [1.165, 1.54) is 12.8 Å². The van der Waals surface area contributed by atoms with Gasteiger partial charge in [-0.1, -0.05) is 6.92 Å². The number of likely N-dealkylation sites (tertiary alicyclic amines) is 1. The van der Waals surface area contributed by atoms with Crippen LogP contribution in [0.15, 0.2) is 0 Å². The van der Waals surface area contributed by atoms with E-state index in [1.807, 2.05) is 16.7 Å². The highest BCUT2D eigenvalue weighted by atomic mass is 16.2. The Morgan fingerprint density at radius 1 is 1.00 bits per heavy atom. The van der Waals surface area contributed by atoms with Gasteiger partial charge in [-0.25, -0.2) is 0 Å². The molecule has 0 N–H and O–H groups in total. The SMILES string of the molecule is CCC1C(=O)N2CCCC2C(=O)N1C1CCN(C2CC2)C1. The van der Waals surface area contributed by atoms with Crippen molar-refractivity contribution in [3.63, 3.8) is 0 Å². The van der Waals surface area contributed by atoms with Crippen LogP contribution in [0.3, 0.4) is 0 Å². The van der Waals surface area contributed by atoms with Crippen LogP contribution >= 0.6 is 0 Å². The molecule has 116 valence electrons. The normalized spacial score (nSPS) is 37.5. The number of piperazine rings is 1. The molecule has 3 unspecified atom stereocenters. The summed E-state index contributed by atoms with van der Waals surface area (Å²) in [5.74, 6) is 0.422. The third-order valence-corrected chi connectivity index (χ3v) is 5.73. The van der Waals surface area contributed by atoms with Crippen molar-refractivity contribution in [2.24, 2.45) is 0 Å². The van der Waals surface area contributed by atoms with Gasteiger partial charge in [0.05, 0.1) is 0 Å². The maximum atomic E-state index is 12.9. The van der Waals surface area contributed by atoms with Gasteiger partial charge in [0, 0.05) is 31.7 Å². The van der Waals surface area contributed by atoms with E-state index in [2.05, 4.69) is 4.90 Å². The third-order valence-electron chi connectivity index (χ3n) is 5.73. The fourth-order valence-electron chi connectivity index (χ4n) is 4.50. The van der Waals surface area contributed by atoms with Crippen molar-refractivity contribution in [3.05, 3.63) is 0 Å². The average Bonchev–Trinajstić information content (AvgIpc) is 3.03. The minimum Gasteiger partial charge on any atom is -0.329 e. The molecule has 5 nitrogen and oxygen atoms in total. The van der Waals surface area contributed by atoms with Gasteiger partial charge in [0.15, 0.2) is 0 Å². The first-order valence-electron chi connectivity index (χ1n) is 8.57. The zero-order valence-corrected chi connectivity index (χ0v) is 12.8. The molecule has 1 saturated carbocycles. The molecular weight excluding hydrogens is 266 g/mol. The second-order valence-electron chi connectivity index (χ2n) is 7.03. The fraction of sp³-hybridized carbons (Fsp3) is 0.875. The van der Waals surface area contributed by atoms with Crippen molar-refractivity contribution >= 4 is 11.8 Å². The Morgan fingerprint density at radius 3 is 2.52 bits per heavy atom. The van der Waals surface area contributed by atoms with Gasteiger partial charge >= 0.3 is 0 Å². The summed E-state index contributed by atoms with van der Waals surface area (Å²) in [5, 5.41) is 0. The Kier molecular flexibility index (Phi) is 3.21. The van der Waals surface area contributed by atoms with Crippen molar-refractivity contribution < 1.29 is 9.59 Å². The molecule has 5 heteroatoms. The molecule has 3 saturated heterocycles. The van der Waals surface area contributed by atoms with Crippen LogP contribution < -0.4 is 0 Å². The lowest BCUT2D eigenvalue weighted by molar-refractivity contribution is -0.162. The monoisotopic (exact) mass is 291 g/mol. The third kappa shape index (κ3) is 2.08. The molecular formula is C16H25N3O2. The number of hydrogen-bond donors (Lipinski definition) is 0. The first-order chi connectivity index (χ1) is 10.2. The molecule has 4 aliphatic rings. The van der Waals surface area contributed by atoms with E-state index in [0.717, 1.165) is 51.4 Å². The summed E-state index contributed by atoms with van der Waals surface area (Å²) in [6.45, 7) is 4.89. The number of amides is 2. The van der Waals surface area contributed by atoms with Crippen molar-refractivity contribution in [2.45, 2.75) is 69.6 Å². The molecule has 0 bridgehead atoms. The zero-order valence-electron chi connectivity index (χ0n) is 12.8. The highest BCUT2D eigenvalue weighted by Gasteiger charge is 2.50. The van der Waals surface area contributed by atoms with Crippen molar-refractivity contribution in [3.8, 4) is 0 Å². The van der Waals surface area contributed by atoms with Gasteiger partial charge in [0.25, 0.3) is 0 Å². The van der Waals surface area contributed by atoms with E-state index < -0.39 is 0 Å². The van der Waals surface area contributed by atoms with E-state index in [1.54, 1.807) is 0 Å². The smallest absolute Gasteiger partial charge is 0.246 e. The molecule has 4 rings (SSSR count). The molecule has 0 aromatic carbocycles. The van der Waals surface area contributed by atoms with Gasteiger partial charge in [-0.2, -0.15) is 0 Å². The number of carbonyl (C=O) groups is 2. The Hall–Kier alpha value is -1.10. The van der Waals surface area contributed by atoms with Crippen molar-refractivity contribution in [1.82, 2.24) is 14.7 Å². The quantitative estimate of drug-likeness (QED) is 0.774. The van der Waals surface area contributed by atoms with Gasteiger partial charge in [0.2, 0.25) is 11.8 Å². The molecule has 0 aromatic heterocycles. The van der Waals surface area contributed by atoms with Crippen LogP contribution in [-0.2, 0) is 9.59 Å². The molecule has 21 heavy (non-hydrogen) atoms. The standard InChI is InChI=1S/C16H25N3O2/c1-2-13-15(20)18-8-3-4-14(18)16(21)19(13)12-7-9-17(10-12)11-5-6-11/h11-14H,2-10H2,1H3. The molecule has 0 aromatic rings. The summed E-state index contributed by atoms with van der Waals surface area (Å²) in [4.78, 5) is 32.0. The lowest BCUT2D eigenvalue weighted by atomic mass is 10.00. The van der Waals surface area contributed by atoms with Gasteiger partial charge < -0.3 is 9.80 Å². The summed E-state index contributed by atoms with van der Waals surface area (Å²) in [6.07, 6.45) is 6.24. The van der Waals surface area contributed by atoms with Crippen molar-refractivity contribution in [2.75, 3.05) is 19.6 Å². The largest absolute Gasteiger partial charge is 0.329 e. The Morgan fingerprint density at radius 2 is 1.81 bits per heavy atom. The molecule has 3 heterocycles. The summed E-state index contributed by atoms with van der Waals surface area (Å²) in [7, 11) is 0. The topological polar surface area (TPSA) is 43.9 Å². The first kappa shape index (κ1) is 13.6. The minimum atomic E-state index is -0.212. The number of carbonyl (C=O) groups excluding carboxylic acids is 2. The molecule has 3 atom stereocenters. The summed E-state index contributed by atoms with van der Waals surface area (Å²) >= 11 is 0. The Balaban J connectivity index is 1.56. The van der Waals surface area contributed by atoms with E-state index in [0.29, 0.717) is 0 Å². The van der Waals surface area contributed by atoms with Crippen molar-refractivity contribution in [1.29, 1.82) is 0 Å². The highest BCUT2D eigenvalue weighted by molar-refractivity contribution is 5.97.